The fourth-order valence-corrected chi connectivity index (χ4v) is 2.53. The second-order valence-electron chi connectivity index (χ2n) is 4.89. The Hall–Kier alpha value is -2.41. The van der Waals surface area contributed by atoms with Gasteiger partial charge in [-0.2, -0.15) is 0 Å². The van der Waals surface area contributed by atoms with Crippen molar-refractivity contribution in [3.05, 3.63) is 45.5 Å². The van der Waals surface area contributed by atoms with Gasteiger partial charge in [-0.15, -0.1) is 0 Å². The zero-order valence-corrected chi connectivity index (χ0v) is 12.1. The molecule has 1 aliphatic rings. The first-order valence-electron chi connectivity index (χ1n) is 6.51. The summed E-state index contributed by atoms with van der Waals surface area (Å²) >= 11 is 5.89. The average molecular weight is 324 g/mol. The minimum Gasteiger partial charge on any atom is -0.550 e. The lowest BCUT2D eigenvalue weighted by molar-refractivity contribution is -0.384. The van der Waals surface area contributed by atoms with E-state index in [0.29, 0.717) is 0 Å². The van der Waals surface area contributed by atoms with Gasteiger partial charge in [-0.1, -0.05) is 23.8 Å². The summed E-state index contributed by atoms with van der Waals surface area (Å²) in [5, 5.41) is 24.2. The van der Waals surface area contributed by atoms with Gasteiger partial charge in [0.1, 0.15) is 0 Å². The average Bonchev–Trinajstić information content (AvgIpc) is 2.48. The van der Waals surface area contributed by atoms with Crippen LogP contribution in [0.25, 0.3) is 0 Å². The minimum absolute atomic E-state index is 0.0129. The van der Waals surface area contributed by atoms with Gasteiger partial charge in [0, 0.05) is 24.0 Å². The van der Waals surface area contributed by atoms with Crippen LogP contribution in [0.5, 0.6) is 0 Å². The minimum atomic E-state index is -1.28. The van der Waals surface area contributed by atoms with Gasteiger partial charge in [-0.3, -0.25) is 14.9 Å². The number of nitro benzene ring substituents is 1. The molecule has 0 spiro atoms. The van der Waals surface area contributed by atoms with Crippen LogP contribution in [-0.2, 0) is 9.59 Å². The van der Waals surface area contributed by atoms with Crippen LogP contribution >= 0.6 is 11.6 Å². The van der Waals surface area contributed by atoms with Crippen molar-refractivity contribution in [3.8, 4) is 0 Å². The molecule has 8 heteroatoms. The number of hydrogen-bond donors (Lipinski definition) is 1. The highest BCUT2D eigenvalue weighted by Crippen LogP contribution is 2.30. The van der Waals surface area contributed by atoms with Gasteiger partial charge in [0.15, 0.2) is 0 Å². The van der Waals surface area contributed by atoms with E-state index in [1.54, 1.807) is 12.2 Å². The van der Waals surface area contributed by atoms with Crippen molar-refractivity contribution < 1.29 is 19.6 Å². The number of non-ortho nitro benzene ring substituents is 1. The molecule has 1 aromatic rings. The second kappa shape index (κ2) is 6.57. The molecule has 0 radical (unpaired) electrons. The van der Waals surface area contributed by atoms with E-state index in [1.165, 1.54) is 12.1 Å². The Labute approximate surface area is 130 Å². The first-order valence-corrected chi connectivity index (χ1v) is 6.88. The predicted octanol–water partition coefficient (Wildman–Crippen LogP) is 1.52. The molecule has 0 aliphatic heterocycles. The van der Waals surface area contributed by atoms with E-state index in [0.717, 1.165) is 6.07 Å². The summed E-state index contributed by atoms with van der Waals surface area (Å²) in [6.45, 7) is 0. The number of allylic oxidation sites excluding steroid dienone is 2. The van der Waals surface area contributed by atoms with Gasteiger partial charge in [-0.05, 0) is 18.9 Å². The highest BCUT2D eigenvalue weighted by molar-refractivity contribution is 6.34. The number of nitrogens with one attached hydrogen (secondary N) is 1. The van der Waals surface area contributed by atoms with E-state index in [1.807, 2.05) is 0 Å². The maximum atomic E-state index is 12.2. The van der Waals surface area contributed by atoms with Crippen LogP contribution in [0.15, 0.2) is 30.4 Å². The van der Waals surface area contributed by atoms with Gasteiger partial charge in [-0.25, -0.2) is 0 Å². The van der Waals surface area contributed by atoms with E-state index in [4.69, 9.17) is 11.6 Å². The fourth-order valence-electron chi connectivity index (χ4n) is 2.31. The number of rotatable bonds is 4. The Kier molecular flexibility index (Phi) is 4.77. The Morgan fingerprint density at radius 1 is 1.23 bits per heavy atom. The van der Waals surface area contributed by atoms with E-state index >= 15 is 0 Å². The predicted molar refractivity (Wildman–Crippen MR) is 77.1 cm³/mol. The van der Waals surface area contributed by atoms with Crippen molar-refractivity contribution in [1.82, 2.24) is 0 Å². The molecule has 0 bridgehead atoms. The number of carbonyl (C=O) groups is 2. The first-order chi connectivity index (χ1) is 10.4. The highest BCUT2D eigenvalue weighted by Gasteiger charge is 2.30. The number of nitrogens with zero attached hydrogens (tertiary/aromatic N) is 1. The molecule has 0 heterocycles. The molecule has 2 atom stereocenters. The third-order valence-electron chi connectivity index (χ3n) is 3.49. The molecule has 1 amide bonds. The molecule has 0 fully saturated rings. The Bertz CT molecular complexity index is 659. The van der Waals surface area contributed by atoms with Crippen LogP contribution in [0, 0.1) is 22.0 Å². The molecule has 1 aliphatic carbocycles. The molecular formula is C14H12ClN2O5-. The normalized spacial score (nSPS) is 20.4. The van der Waals surface area contributed by atoms with E-state index in [9.17, 15) is 24.8 Å². The van der Waals surface area contributed by atoms with Crippen LogP contribution < -0.4 is 10.4 Å². The van der Waals surface area contributed by atoms with E-state index in [2.05, 4.69) is 5.32 Å². The molecule has 0 unspecified atom stereocenters. The van der Waals surface area contributed by atoms with Crippen LogP contribution in [0.1, 0.15) is 12.8 Å². The number of anilines is 1. The number of carboxylic acids is 1. The van der Waals surface area contributed by atoms with Crippen molar-refractivity contribution in [1.29, 1.82) is 0 Å². The zero-order valence-electron chi connectivity index (χ0n) is 11.3. The van der Waals surface area contributed by atoms with E-state index in [-0.39, 0.29) is 29.2 Å². The van der Waals surface area contributed by atoms with Crippen LogP contribution in [0.3, 0.4) is 0 Å². The van der Waals surface area contributed by atoms with E-state index < -0.39 is 28.6 Å². The maximum absolute atomic E-state index is 12.2. The molecule has 0 saturated carbocycles. The van der Waals surface area contributed by atoms with Gasteiger partial charge >= 0.3 is 0 Å². The Morgan fingerprint density at radius 2 is 1.86 bits per heavy atom. The summed E-state index contributed by atoms with van der Waals surface area (Å²) in [7, 11) is 0. The summed E-state index contributed by atoms with van der Waals surface area (Å²) in [6.07, 6.45) is 3.95. The number of amides is 1. The Balaban J connectivity index is 2.16. The highest BCUT2D eigenvalue weighted by atomic mass is 35.5. The molecule has 1 aromatic carbocycles. The standard InChI is InChI=1S/C14H13ClN2O5/c15-11-7-8(17(21)22)5-6-12(11)16-13(18)9-3-1-2-4-10(9)14(19)20/h1-2,5-7,9-10H,3-4H2,(H,16,18)(H,19,20)/p-1/t9-,10-/m0/s1. The first kappa shape index (κ1) is 16.0. The molecule has 0 saturated heterocycles. The Morgan fingerprint density at radius 3 is 2.41 bits per heavy atom. The molecule has 2 rings (SSSR count). The third-order valence-corrected chi connectivity index (χ3v) is 3.81. The summed E-state index contributed by atoms with van der Waals surface area (Å²) < 4.78 is 0. The third kappa shape index (κ3) is 3.43. The van der Waals surface area contributed by atoms with Crippen molar-refractivity contribution in [2.75, 3.05) is 5.32 Å². The second-order valence-corrected chi connectivity index (χ2v) is 5.29. The molecular weight excluding hydrogens is 312 g/mol. The quantitative estimate of drug-likeness (QED) is 0.513. The smallest absolute Gasteiger partial charge is 0.271 e. The molecule has 0 aromatic heterocycles. The summed E-state index contributed by atoms with van der Waals surface area (Å²) in [6, 6.07) is 3.64. The van der Waals surface area contributed by atoms with Crippen LogP contribution in [0.4, 0.5) is 11.4 Å². The van der Waals surface area contributed by atoms with Crippen molar-refractivity contribution in [2.45, 2.75) is 12.8 Å². The van der Waals surface area contributed by atoms with Crippen molar-refractivity contribution in [3.63, 3.8) is 0 Å². The molecule has 22 heavy (non-hydrogen) atoms. The summed E-state index contributed by atoms with van der Waals surface area (Å²) in [5.41, 5.74) is 0.000119. The number of nitro groups is 1. The lowest BCUT2D eigenvalue weighted by Gasteiger charge is -2.28. The number of benzene rings is 1. The lowest BCUT2D eigenvalue weighted by atomic mass is 9.82. The maximum Gasteiger partial charge on any atom is 0.271 e. The monoisotopic (exact) mass is 323 g/mol. The fraction of sp³-hybridized carbons (Fsp3) is 0.286. The van der Waals surface area contributed by atoms with Crippen LogP contribution in [0.2, 0.25) is 5.02 Å². The van der Waals surface area contributed by atoms with Gasteiger partial charge in [0.25, 0.3) is 5.69 Å². The number of aliphatic carboxylic acids is 1. The van der Waals surface area contributed by atoms with Crippen LogP contribution in [-0.4, -0.2) is 16.8 Å². The zero-order chi connectivity index (χ0) is 16.3. The SMILES string of the molecule is O=C([O-])[C@H]1CC=CC[C@@H]1C(=O)Nc1ccc([N+](=O)[O-])cc1Cl. The van der Waals surface area contributed by atoms with Gasteiger partial charge in [0.05, 0.1) is 21.6 Å². The van der Waals surface area contributed by atoms with Crippen molar-refractivity contribution in [2.24, 2.45) is 11.8 Å². The topological polar surface area (TPSA) is 112 Å². The summed E-state index contributed by atoms with van der Waals surface area (Å²) in [5.74, 6) is -3.45. The number of carboxylic acid groups (broad SMARTS) is 1. The molecule has 7 nitrogen and oxygen atoms in total. The van der Waals surface area contributed by atoms with Gasteiger partial charge in [0.2, 0.25) is 5.91 Å². The lowest BCUT2D eigenvalue weighted by Crippen LogP contribution is -2.41. The number of carbonyl (C=O) groups excluding carboxylic acids is 2. The van der Waals surface area contributed by atoms with Gasteiger partial charge < -0.3 is 15.2 Å². The number of halogens is 1. The van der Waals surface area contributed by atoms with Crippen molar-refractivity contribution >= 4 is 34.9 Å². The molecule has 116 valence electrons. The number of hydrogen-bond acceptors (Lipinski definition) is 5. The largest absolute Gasteiger partial charge is 0.550 e. The summed E-state index contributed by atoms with van der Waals surface area (Å²) in [4.78, 5) is 33.3. The molecule has 1 N–H and O–H groups in total.